The van der Waals surface area contributed by atoms with Crippen LogP contribution in [0.3, 0.4) is 0 Å². The molecule has 0 nitrogen and oxygen atoms in total. The third-order valence-electron chi connectivity index (χ3n) is 6.50. The van der Waals surface area contributed by atoms with Crippen LogP contribution in [-0.2, 0) is 0 Å². The number of hydrogen-bond acceptors (Lipinski definition) is 2. The maximum absolute atomic E-state index is 3.89. The van der Waals surface area contributed by atoms with E-state index in [1.807, 2.05) is 22.7 Å². The van der Waals surface area contributed by atoms with Gasteiger partial charge in [-0.05, 0) is 22.2 Å². The van der Waals surface area contributed by atoms with Crippen molar-refractivity contribution in [3.05, 3.63) is 21.1 Å². The molecule has 2 heterocycles. The lowest BCUT2D eigenvalue weighted by Crippen LogP contribution is -2.48. The Labute approximate surface area is 187 Å². The largest absolute Gasteiger partial charge is 0.143 e. The smallest absolute Gasteiger partial charge is 0.100 e. The molecule has 0 amide bonds. The number of rotatable bonds is 3. The first-order valence-corrected chi connectivity index (χ1v) is 18.3. The summed E-state index contributed by atoms with van der Waals surface area (Å²) in [5, 5.41) is 0.694. The minimum absolute atomic E-state index is 0.347. The van der Waals surface area contributed by atoms with Gasteiger partial charge in [-0.25, -0.2) is 0 Å². The van der Waals surface area contributed by atoms with E-state index in [4.69, 9.17) is 0 Å². The van der Waals surface area contributed by atoms with E-state index in [1.165, 1.54) is 18.7 Å². The van der Waals surface area contributed by atoms with Crippen LogP contribution in [0.25, 0.3) is 9.75 Å². The van der Waals surface area contributed by atoms with Gasteiger partial charge < -0.3 is 0 Å². The van der Waals surface area contributed by atoms with E-state index in [9.17, 15) is 0 Å². The van der Waals surface area contributed by atoms with Crippen LogP contribution in [-0.4, -0.2) is 16.1 Å². The van der Waals surface area contributed by atoms with Crippen LogP contribution < -0.4 is 9.00 Å². The first kappa shape index (κ1) is 23.1. The van der Waals surface area contributed by atoms with Gasteiger partial charge in [-0.1, -0.05) is 99.6 Å². The van der Waals surface area contributed by atoms with E-state index >= 15 is 0 Å². The first-order chi connectivity index (χ1) is 11.5. The van der Waals surface area contributed by atoms with E-state index in [0.29, 0.717) is 10.1 Å². The molecule has 2 aromatic heterocycles. The fourth-order valence-corrected chi connectivity index (χ4v) is 15.6. The van der Waals surface area contributed by atoms with Crippen LogP contribution in [0.5, 0.6) is 0 Å². The standard InChI is InChI=1S/C20H32Br2S2Si2/c1-19(2,3)25(7,8)17-13(21)11-15(23-17)16-12-14(22)18(24-16)26(9,10)20(4,5)6/h11-12H,1-10H3. The van der Waals surface area contributed by atoms with Crippen molar-refractivity contribution in [1.29, 1.82) is 0 Å². The highest BCUT2D eigenvalue weighted by molar-refractivity contribution is 9.11. The molecule has 2 aromatic rings. The van der Waals surface area contributed by atoms with Crippen LogP contribution in [0.1, 0.15) is 41.5 Å². The Morgan fingerprint density at radius 2 is 0.923 bits per heavy atom. The molecular formula is C20H32Br2S2Si2. The summed E-state index contributed by atoms with van der Waals surface area (Å²) in [6, 6.07) is 4.71. The second kappa shape index (κ2) is 7.24. The molecule has 2 rings (SSSR count). The molecule has 0 N–H and O–H groups in total. The molecule has 146 valence electrons. The van der Waals surface area contributed by atoms with E-state index < -0.39 is 16.1 Å². The monoisotopic (exact) mass is 550 g/mol. The summed E-state index contributed by atoms with van der Waals surface area (Å²) in [4.78, 5) is 2.82. The summed E-state index contributed by atoms with van der Waals surface area (Å²) in [6.07, 6.45) is 0. The Kier molecular flexibility index (Phi) is 6.43. The summed E-state index contributed by atoms with van der Waals surface area (Å²) in [5.74, 6) is 0. The molecule has 0 atom stereocenters. The Balaban J connectivity index is 2.54. The van der Waals surface area contributed by atoms with Crippen LogP contribution in [0.15, 0.2) is 21.1 Å². The van der Waals surface area contributed by atoms with Crippen molar-refractivity contribution in [2.24, 2.45) is 0 Å². The molecule has 0 fully saturated rings. The normalized spacial score (nSPS) is 14.2. The first-order valence-electron chi connectivity index (χ1n) is 9.10. The third kappa shape index (κ3) is 4.06. The highest BCUT2D eigenvalue weighted by Gasteiger charge is 2.41. The summed E-state index contributed by atoms with van der Waals surface area (Å²) in [7, 11) is -3.08. The van der Waals surface area contributed by atoms with Gasteiger partial charge in [0.05, 0.1) is 0 Å². The van der Waals surface area contributed by atoms with Gasteiger partial charge in [0, 0.05) is 27.7 Å². The van der Waals surface area contributed by atoms with Crippen LogP contribution in [0, 0.1) is 0 Å². The molecule has 0 saturated heterocycles. The molecule has 26 heavy (non-hydrogen) atoms. The molecule has 0 unspecified atom stereocenters. The molecule has 0 bridgehead atoms. The van der Waals surface area contributed by atoms with Gasteiger partial charge in [0.2, 0.25) is 0 Å². The SMILES string of the molecule is CC(C)(C)[Si](C)(C)c1sc(-c2cc(Br)c([Si](C)(C)C(C)(C)C)s2)cc1Br. The van der Waals surface area contributed by atoms with Crippen LogP contribution >= 0.6 is 54.5 Å². The van der Waals surface area contributed by atoms with Crippen LogP contribution in [0.4, 0.5) is 0 Å². The average Bonchev–Trinajstić information content (AvgIpc) is 2.99. The van der Waals surface area contributed by atoms with Gasteiger partial charge in [0.1, 0.15) is 16.1 Å². The Bertz CT molecular complexity index is 735. The zero-order valence-corrected chi connectivity index (χ0v) is 24.5. The van der Waals surface area contributed by atoms with E-state index in [2.05, 4.69) is 112 Å². The number of hydrogen-bond donors (Lipinski definition) is 0. The van der Waals surface area contributed by atoms with Gasteiger partial charge >= 0.3 is 0 Å². The molecule has 0 spiro atoms. The molecule has 0 radical (unpaired) electrons. The van der Waals surface area contributed by atoms with Crippen molar-refractivity contribution in [2.75, 3.05) is 0 Å². The van der Waals surface area contributed by atoms with Gasteiger partial charge in [-0.2, -0.15) is 0 Å². The topological polar surface area (TPSA) is 0 Å². The van der Waals surface area contributed by atoms with Gasteiger partial charge in [0.15, 0.2) is 0 Å². The fourth-order valence-electron chi connectivity index (χ4n) is 2.51. The Hall–Kier alpha value is 0.794. The zero-order valence-electron chi connectivity index (χ0n) is 17.7. The summed E-state index contributed by atoms with van der Waals surface area (Å²) in [6.45, 7) is 24.3. The fraction of sp³-hybridized carbons (Fsp3) is 0.600. The molecule has 0 aliphatic heterocycles. The highest BCUT2D eigenvalue weighted by Crippen LogP contribution is 2.44. The lowest BCUT2D eigenvalue weighted by Gasteiger charge is -2.36. The average molecular weight is 553 g/mol. The predicted octanol–water partition coefficient (Wildman–Crippen LogP) is 8.43. The third-order valence-corrected chi connectivity index (χ3v) is 25.1. The van der Waals surface area contributed by atoms with Crippen molar-refractivity contribution in [1.82, 2.24) is 0 Å². The van der Waals surface area contributed by atoms with Crippen molar-refractivity contribution in [3.63, 3.8) is 0 Å². The number of halogens is 2. The summed E-state index contributed by atoms with van der Waals surface area (Å²) in [5.41, 5.74) is 0. The zero-order chi connectivity index (χ0) is 20.3. The van der Waals surface area contributed by atoms with Crippen molar-refractivity contribution in [3.8, 4) is 9.75 Å². The second-order valence-corrected chi connectivity index (χ2v) is 25.4. The highest BCUT2D eigenvalue weighted by atomic mass is 79.9. The number of thiophene rings is 2. The lowest BCUT2D eigenvalue weighted by molar-refractivity contribution is 0.730. The van der Waals surface area contributed by atoms with Crippen molar-refractivity contribution >= 4 is 79.7 Å². The molecule has 6 heteroatoms. The molecule has 0 aromatic carbocycles. The van der Waals surface area contributed by atoms with Gasteiger partial charge in [0.25, 0.3) is 0 Å². The maximum atomic E-state index is 3.89. The van der Waals surface area contributed by atoms with Crippen LogP contribution in [0.2, 0.25) is 36.3 Å². The summed E-state index contributed by atoms with van der Waals surface area (Å²) >= 11 is 11.8. The minimum atomic E-state index is -1.54. The Morgan fingerprint density at radius 3 is 1.15 bits per heavy atom. The molecular weight excluding hydrogens is 520 g/mol. The predicted molar refractivity (Wildman–Crippen MR) is 137 cm³/mol. The molecule has 0 aliphatic rings. The summed E-state index contributed by atoms with van der Waals surface area (Å²) < 4.78 is 5.78. The van der Waals surface area contributed by atoms with E-state index in [0.717, 1.165) is 0 Å². The minimum Gasteiger partial charge on any atom is -0.143 e. The quantitative estimate of drug-likeness (QED) is 0.335. The van der Waals surface area contributed by atoms with E-state index in [-0.39, 0.29) is 0 Å². The van der Waals surface area contributed by atoms with Gasteiger partial charge in [-0.15, -0.1) is 22.7 Å². The lowest BCUT2D eigenvalue weighted by atomic mass is 10.2. The van der Waals surface area contributed by atoms with Crippen molar-refractivity contribution in [2.45, 2.75) is 77.8 Å². The molecule has 0 saturated carbocycles. The van der Waals surface area contributed by atoms with E-state index in [1.54, 1.807) is 9.00 Å². The van der Waals surface area contributed by atoms with Gasteiger partial charge in [-0.3, -0.25) is 0 Å². The maximum Gasteiger partial charge on any atom is 0.100 e. The van der Waals surface area contributed by atoms with Crippen molar-refractivity contribution < 1.29 is 0 Å². The Morgan fingerprint density at radius 1 is 0.654 bits per heavy atom. The molecule has 0 aliphatic carbocycles. The second-order valence-electron chi connectivity index (χ2n) is 10.3.